The highest BCUT2D eigenvalue weighted by atomic mass is 14.9. The molecule has 14 heavy (non-hydrogen) atoms. The Labute approximate surface area is 83.8 Å². The van der Waals surface area contributed by atoms with Crippen LogP contribution in [0.1, 0.15) is 37.0 Å². The molecular formula is C11H13N3. The first kappa shape index (κ1) is 9.14. The van der Waals surface area contributed by atoms with Crippen LogP contribution in [-0.2, 0) is 11.8 Å². The Kier molecular flexibility index (Phi) is 1.99. The first-order valence-corrected chi connectivity index (χ1v) is 4.96. The van der Waals surface area contributed by atoms with E-state index in [1.54, 1.807) is 0 Å². The van der Waals surface area contributed by atoms with E-state index in [0.29, 0.717) is 0 Å². The molecule has 0 unspecified atom stereocenters. The van der Waals surface area contributed by atoms with Crippen LogP contribution in [0.3, 0.4) is 0 Å². The van der Waals surface area contributed by atoms with Gasteiger partial charge in [-0.05, 0) is 32.3 Å². The SMILES string of the molecule is CCc1cc(C)nc(C2(C#N)CC2)n1. The maximum atomic E-state index is 9.03. The van der Waals surface area contributed by atoms with Gasteiger partial charge in [0.05, 0.1) is 6.07 Å². The molecule has 0 saturated heterocycles. The second kappa shape index (κ2) is 3.06. The fraction of sp³-hybridized carbons (Fsp3) is 0.545. The maximum Gasteiger partial charge on any atom is 0.149 e. The van der Waals surface area contributed by atoms with Crippen molar-refractivity contribution >= 4 is 0 Å². The fourth-order valence-electron chi connectivity index (χ4n) is 1.54. The first-order chi connectivity index (χ1) is 6.70. The van der Waals surface area contributed by atoms with Crippen LogP contribution in [-0.4, -0.2) is 9.97 Å². The lowest BCUT2D eigenvalue weighted by Gasteiger charge is -2.07. The lowest BCUT2D eigenvalue weighted by Crippen LogP contribution is -2.11. The molecule has 0 aromatic carbocycles. The van der Waals surface area contributed by atoms with E-state index < -0.39 is 0 Å². The van der Waals surface area contributed by atoms with Crippen molar-refractivity contribution in [3.8, 4) is 6.07 Å². The third-order valence-corrected chi connectivity index (χ3v) is 2.66. The zero-order valence-electron chi connectivity index (χ0n) is 8.54. The highest BCUT2D eigenvalue weighted by Gasteiger charge is 2.48. The number of nitrogens with zero attached hydrogens (tertiary/aromatic N) is 3. The van der Waals surface area contributed by atoms with Crippen LogP contribution in [0.15, 0.2) is 6.07 Å². The maximum absolute atomic E-state index is 9.03. The topological polar surface area (TPSA) is 49.6 Å². The van der Waals surface area contributed by atoms with Crippen molar-refractivity contribution in [2.75, 3.05) is 0 Å². The van der Waals surface area contributed by atoms with Crippen molar-refractivity contribution in [1.82, 2.24) is 9.97 Å². The number of nitriles is 1. The van der Waals surface area contributed by atoms with Crippen molar-refractivity contribution in [3.63, 3.8) is 0 Å². The van der Waals surface area contributed by atoms with Gasteiger partial charge < -0.3 is 0 Å². The smallest absolute Gasteiger partial charge is 0.149 e. The van der Waals surface area contributed by atoms with Crippen LogP contribution in [0.25, 0.3) is 0 Å². The molecule has 0 amide bonds. The average Bonchev–Trinajstić information content (AvgIpc) is 2.97. The third-order valence-electron chi connectivity index (χ3n) is 2.66. The van der Waals surface area contributed by atoms with E-state index in [9.17, 15) is 0 Å². The second-order valence-corrected chi connectivity index (χ2v) is 3.87. The molecule has 0 bridgehead atoms. The first-order valence-electron chi connectivity index (χ1n) is 4.96. The molecule has 0 spiro atoms. The molecule has 1 aliphatic carbocycles. The summed E-state index contributed by atoms with van der Waals surface area (Å²) in [5.41, 5.74) is 1.65. The largest absolute Gasteiger partial charge is 0.236 e. The predicted molar refractivity (Wildman–Crippen MR) is 52.7 cm³/mol. The van der Waals surface area contributed by atoms with E-state index in [1.807, 2.05) is 13.0 Å². The zero-order valence-corrected chi connectivity index (χ0v) is 8.54. The van der Waals surface area contributed by atoms with Crippen molar-refractivity contribution in [2.45, 2.75) is 38.5 Å². The molecule has 1 fully saturated rings. The minimum Gasteiger partial charge on any atom is -0.236 e. The summed E-state index contributed by atoms with van der Waals surface area (Å²) in [7, 11) is 0. The number of aromatic nitrogens is 2. The van der Waals surface area contributed by atoms with Crippen LogP contribution in [0, 0.1) is 18.3 Å². The highest BCUT2D eigenvalue weighted by Crippen LogP contribution is 2.45. The molecule has 1 aliphatic rings. The van der Waals surface area contributed by atoms with Gasteiger partial charge in [-0.1, -0.05) is 6.92 Å². The standard InChI is InChI=1S/C11H13N3/c1-3-9-6-8(2)13-10(14-9)11(7-12)4-5-11/h6H,3-5H2,1-2H3. The highest BCUT2D eigenvalue weighted by molar-refractivity contribution is 5.30. The Balaban J connectivity index is 2.45. The number of rotatable bonds is 2. The quantitative estimate of drug-likeness (QED) is 0.710. The Hall–Kier alpha value is -1.43. The lowest BCUT2D eigenvalue weighted by atomic mass is 10.1. The zero-order chi connectivity index (χ0) is 10.2. The van der Waals surface area contributed by atoms with Gasteiger partial charge >= 0.3 is 0 Å². The van der Waals surface area contributed by atoms with Crippen molar-refractivity contribution in [3.05, 3.63) is 23.3 Å². The van der Waals surface area contributed by atoms with Gasteiger partial charge in [0, 0.05) is 11.4 Å². The molecule has 0 radical (unpaired) electrons. The fourth-order valence-corrected chi connectivity index (χ4v) is 1.54. The van der Waals surface area contributed by atoms with E-state index in [1.165, 1.54) is 0 Å². The summed E-state index contributed by atoms with van der Waals surface area (Å²) >= 11 is 0. The molecule has 0 aliphatic heterocycles. The molecule has 72 valence electrons. The summed E-state index contributed by atoms with van der Waals surface area (Å²) in [5.74, 6) is 0.733. The van der Waals surface area contributed by atoms with Gasteiger partial charge in [-0.15, -0.1) is 0 Å². The molecular weight excluding hydrogens is 174 g/mol. The van der Waals surface area contributed by atoms with Crippen molar-refractivity contribution in [2.24, 2.45) is 0 Å². The van der Waals surface area contributed by atoms with Gasteiger partial charge in [-0.25, -0.2) is 9.97 Å². The summed E-state index contributed by atoms with van der Waals surface area (Å²) in [6.07, 6.45) is 2.73. The molecule has 2 rings (SSSR count). The van der Waals surface area contributed by atoms with Crippen molar-refractivity contribution in [1.29, 1.82) is 5.26 Å². The summed E-state index contributed by atoms with van der Waals surface area (Å²) in [5, 5.41) is 9.03. The Morgan fingerprint density at radius 1 is 1.50 bits per heavy atom. The van der Waals surface area contributed by atoms with E-state index in [0.717, 1.165) is 36.5 Å². The van der Waals surface area contributed by atoms with E-state index in [-0.39, 0.29) is 5.41 Å². The summed E-state index contributed by atoms with van der Waals surface area (Å²) in [4.78, 5) is 8.78. The summed E-state index contributed by atoms with van der Waals surface area (Å²) in [6.45, 7) is 4.02. The summed E-state index contributed by atoms with van der Waals surface area (Å²) in [6, 6.07) is 4.31. The predicted octanol–water partition coefficient (Wildman–Crippen LogP) is 1.90. The molecule has 1 aromatic heterocycles. The molecule has 3 nitrogen and oxygen atoms in total. The van der Waals surface area contributed by atoms with E-state index in [4.69, 9.17) is 5.26 Å². The number of hydrogen-bond donors (Lipinski definition) is 0. The van der Waals surface area contributed by atoms with Gasteiger partial charge in [0.15, 0.2) is 0 Å². The van der Waals surface area contributed by atoms with Crippen LogP contribution in [0.5, 0.6) is 0 Å². The lowest BCUT2D eigenvalue weighted by molar-refractivity contribution is 0.767. The van der Waals surface area contributed by atoms with Gasteiger partial charge in [0.1, 0.15) is 11.2 Å². The van der Waals surface area contributed by atoms with Gasteiger partial charge in [0.25, 0.3) is 0 Å². The van der Waals surface area contributed by atoms with E-state index in [2.05, 4.69) is 23.0 Å². The summed E-state index contributed by atoms with van der Waals surface area (Å²) < 4.78 is 0. The number of aryl methyl sites for hydroxylation is 2. The minimum absolute atomic E-state index is 0.351. The average molecular weight is 187 g/mol. The van der Waals surface area contributed by atoms with Crippen LogP contribution < -0.4 is 0 Å². The second-order valence-electron chi connectivity index (χ2n) is 3.87. The molecule has 3 heteroatoms. The molecule has 1 heterocycles. The monoisotopic (exact) mass is 187 g/mol. The van der Waals surface area contributed by atoms with E-state index >= 15 is 0 Å². The molecule has 0 N–H and O–H groups in total. The van der Waals surface area contributed by atoms with Crippen molar-refractivity contribution < 1.29 is 0 Å². The minimum atomic E-state index is -0.351. The Morgan fingerprint density at radius 2 is 2.21 bits per heavy atom. The third kappa shape index (κ3) is 1.37. The van der Waals surface area contributed by atoms with Gasteiger partial charge in [-0.3, -0.25) is 0 Å². The van der Waals surface area contributed by atoms with Crippen LogP contribution in [0.2, 0.25) is 0 Å². The van der Waals surface area contributed by atoms with Gasteiger partial charge in [-0.2, -0.15) is 5.26 Å². The molecule has 1 saturated carbocycles. The van der Waals surface area contributed by atoms with Crippen LogP contribution >= 0.6 is 0 Å². The Bertz CT molecular complexity index is 399. The van der Waals surface area contributed by atoms with Gasteiger partial charge in [0.2, 0.25) is 0 Å². The molecule has 1 aromatic rings. The molecule has 0 atom stereocenters. The normalized spacial score (nSPS) is 17.5. The number of hydrogen-bond acceptors (Lipinski definition) is 3. The Morgan fingerprint density at radius 3 is 2.71 bits per heavy atom. The van der Waals surface area contributed by atoms with Crippen LogP contribution in [0.4, 0.5) is 0 Å².